The molecule has 2 rings (SSSR count). The maximum atomic E-state index is 12.0. The van der Waals surface area contributed by atoms with Gasteiger partial charge in [0.05, 0.1) is 0 Å². The molecule has 1 amide bonds. The van der Waals surface area contributed by atoms with Gasteiger partial charge in [-0.2, -0.15) is 0 Å². The molecule has 0 aliphatic heterocycles. The van der Waals surface area contributed by atoms with Gasteiger partial charge in [-0.3, -0.25) is 4.79 Å². The minimum absolute atomic E-state index is 0.0343. The maximum absolute atomic E-state index is 12.0. The Bertz CT molecular complexity index is 597. The number of anilines is 2. The van der Waals surface area contributed by atoms with Crippen molar-refractivity contribution in [2.75, 3.05) is 17.2 Å². The lowest BCUT2D eigenvalue weighted by Gasteiger charge is -2.12. The lowest BCUT2D eigenvalue weighted by Crippen LogP contribution is -2.17. The molecule has 0 aromatic heterocycles. The first kappa shape index (κ1) is 15.1. The monoisotopic (exact) mass is 282 g/mol. The van der Waals surface area contributed by atoms with E-state index in [1.807, 2.05) is 44.2 Å². The van der Waals surface area contributed by atoms with Gasteiger partial charge in [0.15, 0.2) is 0 Å². The van der Waals surface area contributed by atoms with Crippen molar-refractivity contribution < 1.29 is 4.79 Å². The second-order valence-corrected chi connectivity index (χ2v) is 5.36. The van der Waals surface area contributed by atoms with Crippen molar-refractivity contribution in [2.24, 2.45) is 0 Å². The summed E-state index contributed by atoms with van der Waals surface area (Å²) in [5.41, 5.74) is 5.39. The fraction of sp³-hybridized carbons (Fsp3) is 0.278. The van der Waals surface area contributed by atoms with E-state index in [4.69, 9.17) is 0 Å². The zero-order valence-corrected chi connectivity index (χ0v) is 12.9. The number of para-hydroxylation sites is 1. The predicted molar refractivity (Wildman–Crippen MR) is 88.8 cm³/mol. The number of aryl methyl sites for hydroxylation is 3. The molecule has 0 aliphatic rings. The van der Waals surface area contributed by atoms with Crippen LogP contribution in [0.5, 0.6) is 0 Å². The largest absolute Gasteiger partial charge is 0.385 e. The van der Waals surface area contributed by atoms with E-state index < -0.39 is 0 Å². The molecule has 0 spiro atoms. The second kappa shape index (κ2) is 6.93. The molecule has 0 saturated heterocycles. The van der Waals surface area contributed by atoms with Crippen LogP contribution in [0.2, 0.25) is 0 Å². The van der Waals surface area contributed by atoms with E-state index in [-0.39, 0.29) is 5.91 Å². The summed E-state index contributed by atoms with van der Waals surface area (Å²) < 4.78 is 0. The van der Waals surface area contributed by atoms with Gasteiger partial charge in [0.2, 0.25) is 5.91 Å². The lowest BCUT2D eigenvalue weighted by molar-refractivity contribution is -0.115. The SMILES string of the molecule is Cc1ccc(NCCC(=O)Nc2c(C)cccc2C)cc1. The van der Waals surface area contributed by atoms with Gasteiger partial charge in [-0.15, -0.1) is 0 Å². The Morgan fingerprint density at radius 1 is 0.952 bits per heavy atom. The van der Waals surface area contributed by atoms with Crippen molar-refractivity contribution in [1.29, 1.82) is 0 Å². The van der Waals surface area contributed by atoms with Gasteiger partial charge in [-0.25, -0.2) is 0 Å². The van der Waals surface area contributed by atoms with Crippen molar-refractivity contribution in [3.8, 4) is 0 Å². The molecule has 0 aliphatic carbocycles. The van der Waals surface area contributed by atoms with E-state index in [1.54, 1.807) is 0 Å². The third-order valence-corrected chi connectivity index (χ3v) is 3.48. The Balaban J connectivity index is 1.84. The molecule has 2 aromatic rings. The fourth-order valence-corrected chi connectivity index (χ4v) is 2.21. The number of carbonyl (C=O) groups is 1. The first-order valence-electron chi connectivity index (χ1n) is 7.23. The molecule has 21 heavy (non-hydrogen) atoms. The van der Waals surface area contributed by atoms with Gasteiger partial charge < -0.3 is 10.6 Å². The number of rotatable bonds is 5. The average molecular weight is 282 g/mol. The molecule has 0 radical (unpaired) electrons. The summed E-state index contributed by atoms with van der Waals surface area (Å²) in [4.78, 5) is 12.0. The summed E-state index contributed by atoms with van der Waals surface area (Å²) in [5, 5.41) is 6.25. The third-order valence-electron chi connectivity index (χ3n) is 3.48. The standard InChI is InChI=1S/C18H22N2O/c1-13-7-9-16(10-8-13)19-12-11-17(21)20-18-14(2)5-4-6-15(18)3/h4-10,19H,11-12H2,1-3H3,(H,20,21). The number of amides is 1. The van der Waals surface area contributed by atoms with Crippen molar-refractivity contribution >= 4 is 17.3 Å². The lowest BCUT2D eigenvalue weighted by atomic mass is 10.1. The summed E-state index contributed by atoms with van der Waals surface area (Å²) in [6.45, 7) is 6.70. The summed E-state index contributed by atoms with van der Waals surface area (Å²) >= 11 is 0. The van der Waals surface area contributed by atoms with Gasteiger partial charge in [-0.1, -0.05) is 35.9 Å². The normalized spacial score (nSPS) is 10.2. The third kappa shape index (κ3) is 4.35. The maximum Gasteiger partial charge on any atom is 0.226 e. The molecule has 0 unspecified atom stereocenters. The molecule has 0 atom stereocenters. The molecule has 110 valence electrons. The van der Waals surface area contributed by atoms with Crippen LogP contribution in [0.3, 0.4) is 0 Å². The van der Waals surface area contributed by atoms with Crippen molar-refractivity contribution in [1.82, 2.24) is 0 Å². The summed E-state index contributed by atoms with van der Waals surface area (Å²) in [6.07, 6.45) is 0.446. The molecule has 3 heteroatoms. The molecule has 2 N–H and O–H groups in total. The first-order chi connectivity index (χ1) is 10.1. The quantitative estimate of drug-likeness (QED) is 0.868. The number of benzene rings is 2. The zero-order valence-electron chi connectivity index (χ0n) is 12.9. The first-order valence-corrected chi connectivity index (χ1v) is 7.23. The van der Waals surface area contributed by atoms with Crippen LogP contribution in [0.4, 0.5) is 11.4 Å². The Hall–Kier alpha value is -2.29. The van der Waals surface area contributed by atoms with Crippen LogP contribution in [-0.2, 0) is 4.79 Å². The predicted octanol–water partition coefficient (Wildman–Crippen LogP) is 4.05. The Labute approximate surface area is 126 Å². The van der Waals surface area contributed by atoms with Crippen LogP contribution in [0.15, 0.2) is 42.5 Å². The number of carbonyl (C=O) groups excluding carboxylic acids is 1. The van der Waals surface area contributed by atoms with E-state index in [1.165, 1.54) is 5.56 Å². The van der Waals surface area contributed by atoms with E-state index in [0.29, 0.717) is 13.0 Å². The molecule has 0 heterocycles. The smallest absolute Gasteiger partial charge is 0.226 e. The topological polar surface area (TPSA) is 41.1 Å². The number of hydrogen-bond acceptors (Lipinski definition) is 2. The minimum Gasteiger partial charge on any atom is -0.385 e. The van der Waals surface area contributed by atoms with Crippen LogP contribution < -0.4 is 10.6 Å². The van der Waals surface area contributed by atoms with Crippen LogP contribution in [0.25, 0.3) is 0 Å². The highest BCUT2D eigenvalue weighted by molar-refractivity contribution is 5.92. The van der Waals surface area contributed by atoms with Gasteiger partial charge in [-0.05, 0) is 44.0 Å². The number of hydrogen-bond donors (Lipinski definition) is 2. The summed E-state index contributed by atoms with van der Waals surface area (Å²) in [6, 6.07) is 14.2. The van der Waals surface area contributed by atoms with Crippen LogP contribution in [-0.4, -0.2) is 12.5 Å². The molecular formula is C18H22N2O. The molecular weight excluding hydrogens is 260 g/mol. The van der Waals surface area contributed by atoms with Crippen molar-refractivity contribution in [2.45, 2.75) is 27.2 Å². The molecule has 3 nitrogen and oxygen atoms in total. The zero-order chi connectivity index (χ0) is 15.2. The highest BCUT2D eigenvalue weighted by atomic mass is 16.1. The van der Waals surface area contributed by atoms with Gasteiger partial charge in [0.1, 0.15) is 0 Å². The highest BCUT2D eigenvalue weighted by Crippen LogP contribution is 2.19. The van der Waals surface area contributed by atoms with Gasteiger partial charge >= 0.3 is 0 Å². The van der Waals surface area contributed by atoms with E-state index >= 15 is 0 Å². The second-order valence-electron chi connectivity index (χ2n) is 5.36. The summed E-state index contributed by atoms with van der Waals surface area (Å²) in [5.74, 6) is 0.0343. The minimum atomic E-state index is 0.0343. The highest BCUT2D eigenvalue weighted by Gasteiger charge is 2.06. The van der Waals surface area contributed by atoms with Gasteiger partial charge in [0, 0.05) is 24.3 Å². The Morgan fingerprint density at radius 2 is 1.57 bits per heavy atom. The average Bonchev–Trinajstić information content (AvgIpc) is 2.45. The van der Waals surface area contributed by atoms with Gasteiger partial charge in [0.25, 0.3) is 0 Å². The van der Waals surface area contributed by atoms with E-state index in [0.717, 1.165) is 22.5 Å². The fourth-order valence-electron chi connectivity index (χ4n) is 2.21. The summed E-state index contributed by atoms with van der Waals surface area (Å²) in [7, 11) is 0. The molecule has 0 saturated carbocycles. The van der Waals surface area contributed by atoms with E-state index in [9.17, 15) is 4.79 Å². The van der Waals surface area contributed by atoms with Crippen molar-refractivity contribution in [3.63, 3.8) is 0 Å². The van der Waals surface area contributed by atoms with Crippen LogP contribution >= 0.6 is 0 Å². The Morgan fingerprint density at radius 3 is 2.19 bits per heavy atom. The Kier molecular flexibility index (Phi) is 4.99. The van der Waals surface area contributed by atoms with Crippen molar-refractivity contribution in [3.05, 3.63) is 59.2 Å². The van der Waals surface area contributed by atoms with Crippen LogP contribution in [0.1, 0.15) is 23.1 Å². The van der Waals surface area contributed by atoms with E-state index in [2.05, 4.69) is 29.7 Å². The molecule has 0 bridgehead atoms. The van der Waals surface area contributed by atoms with Crippen LogP contribution in [0, 0.1) is 20.8 Å². The molecule has 2 aromatic carbocycles. The molecule has 0 fully saturated rings. The number of nitrogens with one attached hydrogen (secondary N) is 2.